The van der Waals surface area contributed by atoms with Crippen LogP contribution in [0.2, 0.25) is 36.3 Å². The fourth-order valence-corrected chi connectivity index (χ4v) is 5.85. The second-order valence-electron chi connectivity index (χ2n) is 12.7. The van der Waals surface area contributed by atoms with E-state index in [1.54, 1.807) is 6.08 Å². The molecule has 0 aliphatic carbocycles. The molecule has 0 amide bonds. The van der Waals surface area contributed by atoms with E-state index in [0.717, 1.165) is 12.8 Å². The zero-order valence-electron chi connectivity index (χ0n) is 24.1. The molecule has 3 atom stereocenters. The predicted molar refractivity (Wildman–Crippen MR) is 159 cm³/mol. The molecule has 0 heterocycles. The molecule has 1 rings (SSSR count). The lowest BCUT2D eigenvalue weighted by Crippen LogP contribution is -2.47. The molecule has 0 aliphatic rings. The van der Waals surface area contributed by atoms with Crippen molar-refractivity contribution in [2.45, 2.75) is 115 Å². The highest BCUT2D eigenvalue weighted by molar-refractivity contribution is 6.74. The van der Waals surface area contributed by atoms with Crippen LogP contribution in [0, 0.1) is 0 Å². The van der Waals surface area contributed by atoms with Crippen LogP contribution in [0.1, 0.15) is 66.4 Å². The third-order valence-electron chi connectivity index (χ3n) is 7.48. The number of aliphatic hydroxyl groups is 1. The molecular weight excluding hydrogens is 464 g/mol. The molecule has 0 aliphatic heterocycles. The zero-order chi connectivity index (χ0) is 26.9. The van der Waals surface area contributed by atoms with Crippen molar-refractivity contribution in [3.63, 3.8) is 0 Å². The summed E-state index contributed by atoms with van der Waals surface area (Å²) in [6.45, 7) is 26.6. The first-order valence-corrected chi connectivity index (χ1v) is 18.8. The van der Waals surface area contributed by atoms with Crippen LogP contribution in [0.15, 0.2) is 61.2 Å². The van der Waals surface area contributed by atoms with Crippen molar-refractivity contribution < 1.29 is 14.0 Å². The van der Waals surface area contributed by atoms with E-state index in [-0.39, 0.29) is 22.3 Å². The lowest BCUT2D eigenvalue weighted by atomic mass is 10.1. The summed E-state index contributed by atoms with van der Waals surface area (Å²) >= 11 is 0. The smallest absolute Gasteiger partial charge is 0.192 e. The fourth-order valence-electron chi connectivity index (χ4n) is 3.19. The van der Waals surface area contributed by atoms with Gasteiger partial charge in [0.15, 0.2) is 16.6 Å². The van der Waals surface area contributed by atoms with E-state index < -0.39 is 22.7 Å². The fraction of sp³-hybridized carbons (Fsp3) is 0.600. The zero-order valence-corrected chi connectivity index (χ0v) is 26.1. The summed E-state index contributed by atoms with van der Waals surface area (Å²) in [4.78, 5) is 0. The van der Waals surface area contributed by atoms with Gasteiger partial charge in [-0.3, -0.25) is 0 Å². The quantitative estimate of drug-likeness (QED) is 0.210. The highest BCUT2D eigenvalue weighted by Gasteiger charge is 2.41. The van der Waals surface area contributed by atoms with Gasteiger partial charge in [-0.05, 0) is 54.7 Å². The van der Waals surface area contributed by atoms with E-state index >= 15 is 0 Å². The molecule has 0 saturated carbocycles. The van der Waals surface area contributed by atoms with Crippen LogP contribution < -0.4 is 0 Å². The minimum atomic E-state index is -1.99. The van der Waals surface area contributed by atoms with Crippen molar-refractivity contribution in [1.82, 2.24) is 0 Å². The Bertz CT molecular complexity index is 814. The Morgan fingerprint density at radius 2 is 1.40 bits per heavy atom. The van der Waals surface area contributed by atoms with Gasteiger partial charge in [0.25, 0.3) is 0 Å². The molecule has 1 aromatic rings. The molecule has 0 unspecified atom stereocenters. The summed E-state index contributed by atoms with van der Waals surface area (Å²) in [5.74, 6) is 0. The van der Waals surface area contributed by atoms with E-state index in [1.807, 2.05) is 12.1 Å². The Morgan fingerprint density at radius 3 is 1.91 bits per heavy atom. The minimum absolute atomic E-state index is 0.0123. The second-order valence-corrected chi connectivity index (χ2v) is 22.2. The normalized spacial score (nSPS) is 16.5. The molecule has 0 saturated heterocycles. The van der Waals surface area contributed by atoms with Crippen LogP contribution in [0.3, 0.4) is 0 Å². The number of hydrogen-bond donors (Lipinski definition) is 1. The third kappa shape index (κ3) is 11.1. The highest BCUT2D eigenvalue weighted by atomic mass is 28.4. The predicted octanol–water partition coefficient (Wildman–Crippen LogP) is 8.75. The van der Waals surface area contributed by atoms with Crippen LogP contribution >= 0.6 is 0 Å². The maximum Gasteiger partial charge on any atom is 0.192 e. The Morgan fingerprint density at radius 1 is 0.857 bits per heavy atom. The monoisotopic (exact) mass is 516 g/mol. The minimum Gasteiger partial charge on any atom is -0.414 e. The Labute approximate surface area is 218 Å². The van der Waals surface area contributed by atoms with Crippen molar-refractivity contribution in [1.29, 1.82) is 0 Å². The Balaban J connectivity index is 3.25. The van der Waals surface area contributed by atoms with E-state index in [1.165, 1.54) is 5.56 Å². The summed E-state index contributed by atoms with van der Waals surface area (Å²) in [7, 11) is -3.98. The van der Waals surface area contributed by atoms with Crippen molar-refractivity contribution >= 4 is 22.7 Å². The standard InChI is InChI=1S/C30H52O3Si2/c1-12-17-26(31)20-16-21-27(32-34(8,9)29(2,3)4)24-28(33-35(10,11)30(5,6)7)23-22-25-18-14-13-15-19-25/h12-16,18-20,22-23,26-28,31H,1,17,21,24H2,2-11H3/b20-16+,23-22+/t26-,27+,28+/m1/s1. The van der Waals surface area contributed by atoms with E-state index in [4.69, 9.17) is 8.85 Å². The summed E-state index contributed by atoms with van der Waals surface area (Å²) in [6, 6.07) is 10.4. The van der Waals surface area contributed by atoms with Gasteiger partial charge < -0.3 is 14.0 Å². The topological polar surface area (TPSA) is 38.7 Å². The third-order valence-corrected chi connectivity index (χ3v) is 16.5. The van der Waals surface area contributed by atoms with Crippen molar-refractivity contribution in [2.24, 2.45) is 0 Å². The molecule has 1 N–H and O–H groups in total. The molecule has 5 heteroatoms. The lowest BCUT2D eigenvalue weighted by Gasteiger charge is -2.42. The molecule has 0 fully saturated rings. The molecule has 0 aromatic heterocycles. The number of hydrogen-bond acceptors (Lipinski definition) is 3. The first-order valence-electron chi connectivity index (χ1n) is 13.0. The van der Waals surface area contributed by atoms with Crippen molar-refractivity contribution in [2.75, 3.05) is 0 Å². The molecule has 0 radical (unpaired) electrons. The maximum atomic E-state index is 10.1. The van der Waals surface area contributed by atoms with Gasteiger partial charge in [-0.25, -0.2) is 0 Å². The van der Waals surface area contributed by atoms with E-state index in [0.29, 0.717) is 6.42 Å². The average Bonchev–Trinajstić information content (AvgIpc) is 2.70. The number of aliphatic hydroxyl groups excluding tert-OH is 1. The molecule has 0 bridgehead atoms. The van der Waals surface area contributed by atoms with Crippen molar-refractivity contribution in [3.8, 4) is 0 Å². The van der Waals surface area contributed by atoms with Gasteiger partial charge >= 0.3 is 0 Å². The van der Waals surface area contributed by atoms with Crippen LogP contribution in [0.5, 0.6) is 0 Å². The van der Waals surface area contributed by atoms with Crippen LogP contribution in [0.4, 0.5) is 0 Å². The lowest BCUT2D eigenvalue weighted by molar-refractivity contribution is 0.116. The Kier molecular flexibility index (Phi) is 12.1. The van der Waals surface area contributed by atoms with E-state index in [9.17, 15) is 5.11 Å². The first-order chi connectivity index (χ1) is 16.0. The molecule has 3 nitrogen and oxygen atoms in total. The van der Waals surface area contributed by atoms with Gasteiger partial charge in [0.1, 0.15) is 0 Å². The van der Waals surface area contributed by atoms with Gasteiger partial charge in [-0.2, -0.15) is 0 Å². The second kappa shape index (κ2) is 13.3. The van der Waals surface area contributed by atoms with Gasteiger partial charge in [-0.1, -0.05) is 102 Å². The summed E-state index contributed by atoms with van der Waals surface area (Å²) in [6.07, 6.45) is 11.6. The number of rotatable bonds is 13. The van der Waals surface area contributed by atoms with E-state index in [2.05, 4.69) is 117 Å². The summed E-state index contributed by atoms with van der Waals surface area (Å²) < 4.78 is 13.8. The largest absolute Gasteiger partial charge is 0.414 e. The van der Waals surface area contributed by atoms with Crippen molar-refractivity contribution in [3.05, 3.63) is 66.8 Å². The first kappa shape index (κ1) is 31.8. The van der Waals surface area contributed by atoms with Gasteiger partial charge in [-0.15, -0.1) is 6.58 Å². The Hall–Kier alpha value is -1.25. The SMILES string of the molecule is C=CC[C@@H](O)/C=C/C[C@@H](C[C@H](/C=C/c1ccccc1)O[Si](C)(C)C(C)(C)C)O[Si](C)(C)C(C)(C)C. The summed E-state index contributed by atoms with van der Waals surface area (Å²) in [5, 5.41) is 10.4. The average molecular weight is 517 g/mol. The van der Waals surface area contributed by atoms with Crippen LogP contribution in [0.25, 0.3) is 6.08 Å². The van der Waals surface area contributed by atoms with Crippen LogP contribution in [-0.2, 0) is 8.85 Å². The van der Waals surface area contributed by atoms with Gasteiger partial charge in [0.2, 0.25) is 0 Å². The van der Waals surface area contributed by atoms with Gasteiger partial charge in [0.05, 0.1) is 18.3 Å². The molecule has 0 spiro atoms. The molecule has 198 valence electrons. The maximum absolute atomic E-state index is 10.1. The van der Waals surface area contributed by atoms with Gasteiger partial charge in [0, 0.05) is 6.42 Å². The van der Waals surface area contributed by atoms with Crippen LogP contribution in [-0.4, -0.2) is 40.1 Å². The number of benzene rings is 1. The highest BCUT2D eigenvalue weighted by Crippen LogP contribution is 2.40. The molecule has 35 heavy (non-hydrogen) atoms. The molecular formula is C30H52O3Si2. The summed E-state index contributed by atoms with van der Waals surface area (Å²) in [5.41, 5.74) is 1.17. The molecule has 1 aromatic carbocycles.